The van der Waals surface area contributed by atoms with E-state index in [1.807, 2.05) is 11.8 Å². The summed E-state index contributed by atoms with van der Waals surface area (Å²) in [5.74, 6) is 6.46. The molecular weight excluding hydrogens is 258 g/mol. The molecule has 2 heterocycles. The lowest BCUT2D eigenvalue weighted by atomic mass is 10.3. The first kappa shape index (κ1) is 12.7. The van der Waals surface area contributed by atoms with E-state index in [0.717, 1.165) is 18.9 Å². The van der Waals surface area contributed by atoms with Crippen molar-refractivity contribution >= 4 is 35.1 Å². The lowest BCUT2D eigenvalue weighted by Crippen LogP contribution is -2.41. The second kappa shape index (κ2) is 5.29. The molecule has 2 atom stereocenters. The van der Waals surface area contributed by atoms with Crippen LogP contribution in [0.25, 0.3) is 0 Å². The Balaban J connectivity index is 2.26. The van der Waals surface area contributed by atoms with Crippen LogP contribution in [0.15, 0.2) is 6.20 Å². The summed E-state index contributed by atoms with van der Waals surface area (Å²) in [7, 11) is 0. The van der Waals surface area contributed by atoms with Crippen molar-refractivity contribution in [2.45, 2.75) is 24.3 Å². The molecule has 5 nitrogen and oxygen atoms in total. The molecular formula is C10H16ClN5S. The van der Waals surface area contributed by atoms with Gasteiger partial charge in [0, 0.05) is 23.6 Å². The lowest BCUT2D eigenvalue weighted by molar-refractivity contribution is 0.717. The van der Waals surface area contributed by atoms with Gasteiger partial charge in [0.15, 0.2) is 5.82 Å². The van der Waals surface area contributed by atoms with Crippen molar-refractivity contribution < 1.29 is 0 Å². The molecule has 7 heteroatoms. The highest BCUT2D eigenvalue weighted by atomic mass is 35.5. The first-order chi connectivity index (χ1) is 8.10. The summed E-state index contributed by atoms with van der Waals surface area (Å²) >= 11 is 8.13. The zero-order chi connectivity index (χ0) is 12.4. The van der Waals surface area contributed by atoms with Crippen molar-refractivity contribution in [3.05, 3.63) is 11.2 Å². The fraction of sp³-hybridized carbons (Fsp3) is 0.600. The summed E-state index contributed by atoms with van der Waals surface area (Å²) in [5, 5.41) is 1.70. The number of hydrogen-bond acceptors (Lipinski definition) is 6. The quantitative estimate of drug-likeness (QED) is 0.632. The highest BCUT2D eigenvalue weighted by Gasteiger charge is 2.25. The van der Waals surface area contributed by atoms with Crippen LogP contribution in [0.1, 0.15) is 13.8 Å². The predicted octanol–water partition coefficient (Wildman–Crippen LogP) is 1.75. The van der Waals surface area contributed by atoms with Crippen LogP contribution in [-0.2, 0) is 0 Å². The number of rotatable bonds is 2. The maximum absolute atomic E-state index is 6.14. The third-order valence-electron chi connectivity index (χ3n) is 2.57. The maximum Gasteiger partial charge on any atom is 0.239 e. The molecule has 0 spiro atoms. The Labute approximate surface area is 110 Å². The molecule has 2 unspecified atom stereocenters. The van der Waals surface area contributed by atoms with Gasteiger partial charge >= 0.3 is 0 Å². The van der Waals surface area contributed by atoms with Gasteiger partial charge in [0.25, 0.3) is 0 Å². The van der Waals surface area contributed by atoms with Crippen molar-refractivity contribution in [2.75, 3.05) is 23.4 Å². The summed E-state index contributed by atoms with van der Waals surface area (Å²) in [6, 6.07) is 0. The number of nitrogens with zero attached hydrogens (tertiary/aromatic N) is 3. The molecule has 0 saturated carbocycles. The number of halogens is 1. The van der Waals surface area contributed by atoms with E-state index in [1.54, 1.807) is 6.20 Å². The topological polar surface area (TPSA) is 67.1 Å². The number of nitrogens with two attached hydrogens (primary N) is 1. The van der Waals surface area contributed by atoms with E-state index < -0.39 is 0 Å². The molecule has 0 amide bonds. The van der Waals surface area contributed by atoms with Crippen molar-refractivity contribution in [3.8, 4) is 0 Å². The van der Waals surface area contributed by atoms with Crippen molar-refractivity contribution in [1.29, 1.82) is 0 Å². The molecule has 1 aliphatic heterocycles. The van der Waals surface area contributed by atoms with E-state index in [1.165, 1.54) is 0 Å². The summed E-state index contributed by atoms with van der Waals surface area (Å²) < 4.78 is 0. The molecule has 1 aromatic rings. The lowest BCUT2D eigenvalue weighted by Gasteiger charge is -2.35. The van der Waals surface area contributed by atoms with Crippen LogP contribution in [0, 0.1) is 0 Å². The average molecular weight is 274 g/mol. The van der Waals surface area contributed by atoms with Gasteiger partial charge in [0.1, 0.15) is 5.02 Å². The number of nitrogen functional groups attached to an aromatic ring is 1. The monoisotopic (exact) mass is 273 g/mol. The van der Waals surface area contributed by atoms with Gasteiger partial charge < -0.3 is 4.90 Å². The molecule has 17 heavy (non-hydrogen) atoms. The van der Waals surface area contributed by atoms with E-state index in [0.29, 0.717) is 21.5 Å². The highest BCUT2D eigenvalue weighted by molar-refractivity contribution is 8.00. The van der Waals surface area contributed by atoms with Crippen molar-refractivity contribution in [3.63, 3.8) is 0 Å². The first-order valence-electron chi connectivity index (χ1n) is 5.49. The molecule has 1 aliphatic rings. The summed E-state index contributed by atoms with van der Waals surface area (Å²) in [6.07, 6.45) is 1.58. The first-order valence-corrected chi connectivity index (χ1v) is 6.81. The Morgan fingerprint density at radius 1 is 1.47 bits per heavy atom. The van der Waals surface area contributed by atoms with E-state index in [9.17, 15) is 0 Å². The van der Waals surface area contributed by atoms with Crippen LogP contribution < -0.4 is 16.2 Å². The minimum atomic E-state index is 0.392. The van der Waals surface area contributed by atoms with Crippen molar-refractivity contribution in [2.24, 2.45) is 5.84 Å². The smallest absolute Gasteiger partial charge is 0.239 e. The van der Waals surface area contributed by atoms with Crippen LogP contribution >= 0.6 is 23.4 Å². The summed E-state index contributed by atoms with van der Waals surface area (Å²) in [4.78, 5) is 10.5. The normalized spacial score (nSPS) is 24.8. The second-order valence-electron chi connectivity index (χ2n) is 4.17. The molecule has 1 aromatic heterocycles. The standard InChI is InChI=1S/C10H16ClN5S/c1-6-4-16(5-7(2)17-6)9-8(11)3-13-10(14-9)15-12/h3,6-7H,4-5,12H2,1-2H3,(H,13,14,15). The Morgan fingerprint density at radius 2 is 2.12 bits per heavy atom. The minimum Gasteiger partial charge on any atom is -0.353 e. The number of thioether (sulfide) groups is 1. The third kappa shape index (κ3) is 2.94. The number of aromatic nitrogens is 2. The minimum absolute atomic E-state index is 0.392. The van der Waals surface area contributed by atoms with Gasteiger partial charge in [0.2, 0.25) is 5.95 Å². The molecule has 2 rings (SSSR count). The number of hydrazine groups is 1. The van der Waals surface area contributed by atoms with E-state index in [4.69, 9.17) is 17.4 Å². The van der Waals surface area contributed by atoms with Gasteiger partial charge in [-0.05, 0) is 0 Å². The van der Waals surface area contributed by atoms with E-state index in [-0.39, 0.29) is 0 Å². The third-order valence-corrected chi connectivity index (χ3v) is 4.07. The molecule has 3 N–H and O–H groups in total. The number of nitrogens with one attached hydrogen (secondary N) is 1. The fourth-order valence-electron chi connectivity index (χ4n) is 2.00. The van der Waals surface area contributed by atoms with Gasteiger partial charge in [-0.15, -0.1) is 0 Å². The van der Waals surface area contributed by atoms with Gasteiger partial charge in [-0.2, -0.15) is 16.7 Å². The molecule has 0 bridgehead atoms. The average Bonchev–Trinajstić information content (AvgIpc) is 2.28. The molecule has 0 aromatic carbocycles. The summed E-state index contributed by atoms with van der Waals surface area (Å²) in [5.41, 5.74) is 2.44. The van der Waals surface area contributed by atoms with Gasteiger partial charge in [-0.1, -0.05) is 25.4 Å². The zero-order valence-electron chi connectivity index (χ0n) is 9.85. The molecule has 1 saturated heterocycles. The van der Waals surface area contributed by atoms with Crippen LogP contribution in [0.4, 0.5) is 11.8 Å². The van der Waals surface area contributed by atoms with Gasteiger partial charge in [-0.3, -0.25) is 5.43 Å². The van der Waals surface area contributed by atoms with Crippen LogP contribution in [-0.4, -0.2) is 33.6 Å². The van der Waals surface area contributed by atoms with E-state index >= 15 is 0 Å². The largest absolute Gasteiger partial charge is 0.353 e. The van der Waals surface area contributed by atoms with Gasteiger partial charge in [-0.25, -0.2) is 10.8 Å². The zero-order valence-corrected chi connectivity index (χ0v) is 11.4. The Hall–Kier alpha value is -0.720. The van der Waals surface area contributed by atoms with E-state index in [2.05, 4.69) is 34.1 Å². The Kier molecular flexibility index (Phi) is 3.96. The second-order valence-corrected chi connectivity index (χ2v) is 6.46. The van der Waals surface area contributed by atoms with Crippen molar-refractivity contribution in [1.82, 2.24) is 9.97 Å². The van der Waals surface area contributed by atoms with Crippen LogP contribution in [0.3, 0.4) is 0 Å². The summed E-state index contributed by atoms with van der Waals surface area (Å²) in [6.45, 7) is 6.31. The SMILES string of the molecule is CC1CN(c2nc(NN)ncc2Cl)CC(C)S1. The highest BCUT2D eigenvalue weighted by Crippen LogP contribution is 2.31. The fourth-order valence-corrected chi connectivity index (χ4v) is 3.54. The number of hydrogen-bond donors (Lipinski definition) is 2. The van der Waals surface area contributed by atoms with Gasteiger partial charge in [0.05, 0.1) is 6.20 Å². The number of anilines is 2. The predicted molar refractivity (Wildman–Crippen MR) is 73.6 cm³/mol. The molecule has 0 radical (unpaired) electrons. The molecule has 94 valence electrons. The van der Waals surface area contributed by atoms with Crippen LogP contribution in [0.5, 0.6) is 0 Å². The molecule has 0 aliphatic carbocycles. The molecule has 1 fully saturated rings. The maximum atomic E-state index is 6.14. The Morgan fingerprint density at radius 3 is 2.71 bits per heavy atom. The Bertz CT molecular complexity index is 392. The van der Waals surface area contributed by atoms with Crippen LogP contribution in [0.2, 0.25) is 5.02 Å².